The molecule has 3 rings (SSSR count). The number of amides is 1. The lowest BCUT2D eigenvalue weighted by Gasteiger charge is -2.46. The van der Waals surface area contributed by atoms with Crippen LogP contribution in [0.3, 0.4) is 0 Å². The highest BCUT2D eigenvalue weighted by Crippen LogP contribution is 2.44. The highest BCUT2D eigenvalue weighted by atomic mass is 16.7. The lowest BCUT2D eigenvalue weighted by Crippen LogP contribution is -2.53. The van der Waals surface area contributed by atoms with Crippen molar-refractivity contribution < 1.29 is 9.63 Å². The number of hydroxylamine groups is 2. The summed E-state index contributed by atoms with van der Waals surface area (Å²) in [4.78, 5) is 18.5. The first-order valence-electron chi connectivity index (χ1n) is 7.27. The molecular weight excluding hydrogens is 250 g/mol. The van der Waals surface area contributed by atoms with Crippen molar-refractivity contribution in [3.05, 3.63) is 48.0 Å². The van der Waals surface area contributed by atoms with Gasteiger partial charge in [0, 0.05) is 5.92 Å². The van der Waals surface area contributed by atoms with Crippen LogP contribution in [-0.4, -0.2) is 17.6 Å². The zero-order chi connectivity index (χ0) is 14.2. The molecule has 0 unspecified atom stereocenters. The van der Waals surface area contributed by atoms with Gasteiger partial charge >= 0.3 is 0 Å². The molecule has 1 aromatic rings. The lowest BCUT2D eigenvalue weighted by molar-refractivity contribution is -0.231. The van der Waals surface area contributed by atoms with Crippen molar-refractivity contribution in [3.8, 4) is 0 Å². The molecule has 1 saturated heterocycles. The second-order valence-electron chi connectivity index (χ2n) is 6.21. The summed E-state index contributed by atoms with van der Waals surface area (Å²) in [7, 11) is 0. The van der Waals surface area contributed by atoms with Crippen molar-refractivity contribution in [2.45, 2.75) is 26.8 Å². The van der Waals surface area contributed by atoms with Crippen molar-refractivity contribution in [2.24, 2.45) is 17.3 Å². The summed E-state index contributed by atoms with van der Waals surface area (Å²) in [5.41, 5.74) is 0.781. The van der Waals surface area contributed by atoms with E-state index in [1.54, 1.807) is 5.06 Å². The smallest absolute Gasteiger partial charge is 0.253 e. The first-order chi connectivity index (χ1) is 9.59. The molecule has 2 aliphatic rings. The highest BCUT2D eigenvalue weighted by Gasteiger charge is 2.48. The molecule has 20 heavy (non-hydrogen) atoms. The molecule has 0 saturated carbocycles. The number of carbonyl (C=O) groups is 1. The van der Waals surface area contributed by atoms with Crippen LogP contribution < -0.4 is 0 Å². The minimum absolute atomic E-state index is 0.119. The van der Waals surface area contributed by atoms with Crippen LogP contribution in [0.15, 0.2) is 42.5 Å². The van der Waals surface area contributed by atoms with Gasteiger partial charge in [0.05, 0.1) is 18.6 Å². The predicted molar refractivity (Wildman–Crippen MR) is 77.5 cm³/mol. The fourth-order valence-corrected chi connectivity index (χ4v) is 3.29. The normalized spacial score (nSPS) is 33.1. The average molecular weight is 271 g/mol. The van der Waals surface area contributed by atoms with Crippen LogP contribution >= 0.6 is 0 Å². The number of rotatable bonds is 2. The molecule has 0 spiro atoms. The van der Waals surface area contributed by atoms with Gasteiger partial charge in [-0.05, 0) is 24.8 Å². The maximum Gasteiger partial charge on any atom is 0.253 e. The summed E-state index contributed by atoms with van der Waals surface area (Å²) in [5, 5.41) is 1.55. The predicted octanol–water partition coefficient (Wildman–Crippen LogP) is 3.18. The van der Waals surface area contributed by atoms with Crippen LogP contribution in [-0.2, 0) is 16.2 Å². The molecule has 0 bridgehead atoms. The zero-order valence-corrected chi connectivity index (χ0v) is 12.1. The Kier molecular flexibility index (Phi) is 3.38. The van der Waals surface area contributed by atoms with E-state index in [1.807, 2.05) is 30.3 Å². The van der Waals surface area contributed by atoms with Crippen molar-refractivity contribution in [1.82, 2.24) is 5.06 Å². The number of benzene rings is 1. The molecule has 1 heterocycles. The van der Waals surface area contributed by atoms with Crippen LogP contribution in [0.25, 0.3) is 0 Å². The SMILES string of the molecule is C[C@H]1C=C[C@H]2CON(Cc3ccccc3)C(=O)[C@@]2(C)C1. The number of hydrogen-bond donors (Lipinski definition) is 0. The summed E-state index contributed by atoms with van der Waals surface area (Å²) in [6.45, 7) is 5.38. The van der Waals surface area contributed by atoms with E-state index >= 15 is 0 Å². The van der Waals surface area contributed by atoms with Crippen LogP contribution in [0.2, 0.25) is 0 Å². The van der Waals surface area contributed by atoms with Gasteiger partial charge in [-0.3, -0.25) is 9.63 Å². The summed E-state index contributed by atoms with van der Waals surface area (Å²) >= 11 is 0. The van der Waals surface area contributed by atoms with E-state index in [0.717, 1.165) is 12.0 Å². The van der Waals surface area contributed by atoms with Crippen LogP contribution in [0.5, 0.6) is 0 Å². The Morgan fingerprint density at radius 2 is 2.05 bits per heavy atom. The van der Waals surface area contributed by atoms with Crippen molar-refractivity contribution in [2.75, 3.05) is 6.61 Å². The topological polar surface area (TPSA) is 29.5 Å². The second kappa shape index (κ2) is 5.06. The van der Waals surface area contributed by atoms with E-state index in [2.05, 4.69) is 26.0 Å². The molecule has 3 nitrogen and oxygen atoms in total. The highest BCUT2D eigenvalue weighted by molar-refractivity contribution is 5.83. The molecule has 0 aromatic heterocycles. The van der Waals surface area contributed by atoms with Gasteiger partial charge in [-0.1, -0.05) is 49.4 Å². The van der Waals surface area contributed by atoms with Gasteiger partial charge in [0.1, 0.15) is 0 Å². The lowest BCUT2D eigenvalue weighted by atomic mass is 9.67. The van der Waals surface area contributed by atoms with Gasteiger partial charge in [0.25, 0.3) is 5.91 Å². The third kappa shape index (κ3) is 2.27. The summed E-state index contributed by atoms with van der Waals surface area (Å²) < 4.78 is 0. The van der Waals surface area contributed by atoms with Gasteiger partial charge in [0.2, 0.25) is 0 Å². The fourth-order valence-electron chi connectivity index (χ4n) is 3.29. The molecule has 106 valence electrons. The summed E-state index contributed by atoms with van der Waals surface area (Å²) in [6, 6.07) is 10.00. The first kappa shape index (κ1) is 13.4. The van der Waals surface area contributed by atoms with E-state index < -0.39 is 0 Å². The Balaban J connectivity index is 1.80. The quantitative estimate of drug-likeness (QED) is 0.773. The number of hydrogen-bond acceptors (Lipinski definition) is 2. The largest absolute Gasteiger partial charge is 0.272 e. The molecule has 0 N–H and O–H groups in total. The summed E-state index contributed by atoms with van der Waals surface area (Å²) in [5.74, 6) is 0.781. The Morgan fingerprint density at radius 3 is 2.80 bits per heavy atom. The number of fused-ring (bicyclic) bond motifs is 1. The Bertz CT molecular complexity index is 525. The Hall–Kier alpha value is -1.61. The fraction of sp³-hybridized carbons (Fsp3) is 0.471. The van der Waals surface area contributed by atoms with Gasteiger partial charge < -0.3 is 0 Å². The molecule has 1 amide bonds. The van der Waals surface area contributed by atoms with Crippen LogP contribution in [0.1, 0.15) is 25.8 Å². The van der Waals surface area contributed by atoms with E-state index in [4.69, 9.17) is 4.84 Å². The molecule has 1 aliphatic heterocycles. The second-order valence-corrected chi connectivity index (χ2v) is 6.21. The number of allylic oxidation sites excluding steroid dienone is 1. The zero-order valence-electron chi connectivity index (χ0n) is 12.1. The van der Waals surface area contributed by atoms with Crippen LogP contribution in [0.4, 0.5) is 0 Å². The Labute approximate surface area is 120 Å². The standard InChI is InChI=1S/C17H21NO2/c1-13-8-9-15-12-20-18(16(19)17(15,2)10-13)11-14-6-4-3-5-7-14/h3-9,13,15H,10-12H2,1-2H3/t13-,15-,17-/m0/s1. The minimum atomic E-state index is -0.318. The molecule has 3 heteroatoms. The van der Waals surface area contributed by atoms with Gasteiger partial charge in [0.15, 0.2) is 0 Å². The van der Waals surface area contributed by atoms with E-state index in [-0.39, 0.29) is 17.2 Å². The molecule has 0 radical (unpaired) electrons. The van der Waals surface area contributed by atoms with Crippen molar-refractivity contribution in [3.63, 3.8) is 0 Å². The van der Waals surface area contributed by atoms with Gasteiger partial charge in [-0.25, -0.2) is 5.06 Å². The first-order valence-corrected chi connectivity index (χ1v) is 7.27. The third-order valence-corrected chi connectivity index (χ3v) is 4.53. The molecule has 3 atom stereocenters. The molecular formula is C17H21NO2. The van der Waals surface area contributed by atoms with Gasteiger partial charge in [-0.2, -0.15) is 0 Å². The molecule has 1 fully saturated rings. The maximum absolute atomic E-state index is 12.8. The monoisotopic (exact) mass is 271 g/mol. The third-order valence-electron chi connectivity index (χ3n) is 4.53. The molecule has 1 aliphatic carbocycles. The average Bonchev–Trinajstić information content (AvgIpc) is 2.44. The van der Waals surface area contributed by atoms with E-state index in [1.165, 1.54) is 0 Å². The van der Waals surface area contributed by atoms with Crippen molar-refractivity contribution >= 4 is 5.91 Å². The minimum Gasteiger partial charge on any atom is -0.272 e. The van der Waals surface area contributed by atoms with Gasteiger partial charge in [-0.15, -0.1) is 0 Å². The number of carbonyl (C=O) groups excluding carboxylic acids is 1. The van der Waals surface area contributed by atoms with Crippen LogP contribution in [0, 0.1) is 17.3 Å². The molecule has 1 aromatic carbocycles. The maximum atomic E-state index is 12.8. The number of nitrogens with zero attached hydrogens (tertiary/aromatic N) is 1. The summed E-state index contributed by atoms with van der Waals surface area (Å²) in [6.07, 6.45) is 5.27. The van der Waals surface area contributed by atoms with E-state index in [0.29, 0.717) is 19.1 Å². The Morgan fingerprint density at radius 1 is 1.30 bits per heavy atom. The van der Waals surface area contributed by atoms with E-state index in [9.17, 15) is 4.79 Å². The van der Waals surface area contributed by atoms with Crippen molar-refractivity contribution in [1.29, 1.82) is 0 Å².